The Balaban J connectivity index is 2.77. The zero-order valence-corrected chi connectivity index (χ0v) is 12.5. The number of amides is 1. The lowest BCUT2D eigenvalue weighted by molar-refractivity contribution is -0.153. The fourth-order valence-electron chi connectivity index (χ4n) is 2.56. The predicted octanol–water partition coefficient (Wildman–Crippen LogP) is 1.40. The maximum absolute atomic E-state index is 13.4. The normalized spacial score (nSPS) is 12.1. The third-order valence-corrected chi connectivity index (χ3v) is 3.50. The van der Waals surface area contributed by atoms with Gasteiger partial charge in [0.1, 0.15) is 5.75 Å². The highest BCUT2D eigenvalue weighted by Gasteiger charge is 2.27. The van der Waals surface area contributed by atoms with Gasteiger partial charge in [0.15, 0.2) is 0 Å². The molecule has 0 saturated heterocycles. The number of nitrogens with zero attached hydrogens (tertiary/aromatic N) is 1. The number of aromatic nitrogens is 1. The molecule has 0 saturated carbocycles. The number of ketones is 1. The third kappa shape index (κ3) is 2.75. The number of hydrogen-bond donors (Lipinski definition) is 2. The number of aryl methyl sites for hydroxylation is 1. The molecule has 7 nitrogen and oxygen atoms in total. The highest BCUT2D eigenvalue weighted by molar-refractivity contribution is 6.45. The quantitative estimate of drug-likeness (QED) is 0.616. The predicted molar refractivity (Wildman–Crippen MR) is 79.0 cm³/mol. The number of hydrogen-bond acceptors (Lipinski definition) is 4. The fourth-order valence-corrected chi connectivity index (χ4v) is 2.56. The first-order valence-electron chi connectivity index (χ1n) is 6.79. The van der Waals surface area contributed by atoms with E-state index in [2.05, 4.69) is 0 Å². The van der Waals surface area contributed by atoms with Crippen molar-refractivity contribution in [2.45, 2.75) is 26.7 Å². The van der Waals surface area contributed by atoms with Gasteiger partial charge in [0.25, 0.3) is 11.7 Å². The van der Waals surface area contributed by atoms with Crippen molar-refractivity contribution in [3.63, 3.8) is 0 Å². The number of carbonyl (C=O) groups excluding carboxylic acids is 2. The van der Waals surface area contributed by atoms with Crippen LogP contribution in [-0.4, -0.2) is 33.7 Å². The third-order valence-electron chi connectivity index (χ3n) is 3.50. The molecule has 2 rings (SSSR count). The molecule has 1 amide bonds. The van der Waals surface area contributed by atoms with Crippen LogP contribution in [0.25, 0.3) is 10.9 Å². The molecule has 1 aromatic heterocycles. The van der Waals surface area contributed by atoms with Gasteiger partial charge >= 0.3 is 12.3 Å². The van der Waals surface area contributed by atoms with Crippen LogP contribution in [0.5, 0.6) is 5.75 Å². The van der Waals surface area contributed by atoms with Gasteiger partial charge in [-0.3, -0.25) is 9.59 Å². The van der Waals surface area contributed by atoms with Crippen LogP contribution in [0.15, 0.2) is 18.2 Å². The lowest BCUT2D eigenvalue weighted by atomic mass is 10.1. The largest absolute Gasteiger partial charge is 0.476 e. The number of rotatable bonds is 6. The zero-order valence-electron chi connectivity index (χ0n) is 12.5. The van der Waals surface area contributed by atoms with Crippen LogP contribution >= 0.6 is 0 Å². The minimum Gasteiger partial charge on any atom is -0.476 e. The monoisotopic (exact) mass is 322 g/mol. The number of carbonyl (C=O) groups is 3. The van der Waals surface area contributed by atoms with Crippen molar-refractivity contribution in [1.82, 2.24) is 4.57 Å². The maximum atomic E-state index is 13.4. The molecule has 1 aromatic carbocycles. The standard InChI is InChI=1S/C15H15FN2O5/c1-3-18-7(2)10(12(19)14(17)20)11-8(18)5-4-6-9(11)23-13(16)15(21)22/h4-6,13H,3H2,1-2H3,(H2,17,20)(H,21,22). The molecule has 0 aliphatic rings. The second-order valence-electron chi connectivity index (χ2n) is 4.82. The highest BCUT2D eigenvalue weighted by atomic mass is 19.1. The molecule has 2 aromatic rings. The summed E-state index contributed by atoms with van der Waals surface area (Å²) in [5.74, 6) is -4.04. The Kier molecular flexibility index (Phi) is 4.35. The van der Waals surface area contributed by atoms with Crippen molar-refractivity contribution < 1.29 is 28.6 Å². The van der Waals surface area contributed by atoms with Crippen molar-refractivity contribution in [2.24, 2.45) is 5.73 Å². The molecule has 0 aliphatic heterocycles. The van der Waals surface area contributed by atoms with E-state index in [1.165, 1.54) is 12.1 Å². The van der Waals surface area contributed by atoms with Crippen LogP contribution in [0.4, 0.5) is 4.39 Å². The van der Waals surface area contributed by atoms with Gasteiger partial charge in [0.2, 0.25) is 0 Å². The Bertz CT molecular complexity index is 812. The molecule has 122 valence electrons. The average Bonchev–Trinajstić information content (AvgIpc) is 2.78. The van der Waals surface area contributed by atoms with Crippen LogP contribution in [0.2, 0.25) is 0 Å². The average molecular weight is 322 g/mol. The summed E-state index contributed by atoms with van der Waals surface area (Å²) >= 11 is 0. The Hall–Kier alpha value is -2.90. The van der Waals surface area contributed by atoms with Gasteiger partial charge < -0.3 is 20.1 Å². The summed E-state index contributed by atoms with van der Waals surface area (Å²) in [5.41, 5.74) is 6.04. The number of alkyl halides is 1. The molecule has 3 N–H and O–H groups in total. The molecule has 23 heavy (non-hydrogen) atoms. The van der Waals surface area contributed by atoms with Gasteiger partial charge in [-0.1, -0.05) is 6.07 Å². The minimum absolute atomic E-state index is 0.0115. The Labute approximate surface area is 130 Å². The summed E-state index contributed by atoms with van der Waals surface area (Å²) in [5, 5.41) is 8.81. The van der Waals surface area contributed by atoms with Crippen molar-refractivity contribution in [3.8, 4) is 5.75 Å². The van der Waals surface area contributed by atoms with E-state index in [-0.39, 0.29) is 16.7 Å². The van der Waals surface area contributed by atoms with E-state index in [1.807, 2.05) is 6.92 Å². The maximum Gasteiger partial charge on any atom is 0.378 e. The second kappa shape index (κ2) is 6.07. The van der Waals surface area contributed by atoms with E-state index < -0.39 is 24.0 Å². The van der Waals surface area contributed by atoms with Gasteiger partial charge in [-0.2, -0.15) is 4.39 Å². The molecule has 0 spiro atoms. The van der Waals surface area contributed by atoms with Crippen LogP contribution in [0.3, 0.4) is 0 Å². The fraction of sp³-hybridized carbons (Fsp3) is 0.267. The minimum atomic E-state index is -2.59. The van der Waals surface area contributed by atoms with Gasteiger partial charge in [-0.25, -0.2) is 4.79 Å². The molecule has 1 unspecified atom stereocenters. The van der Waals surface area contributed by atoms with E-state index >= 15 is 0 Å². The van der Waals surface area contributed by atoms with Gasteiger partial charge in [0.05, 0.1) is 16.5 Å². The number of nitrogens with two attached hydrogens (primary N) is 1. The summed E-state index contributed by atoms with van der Waals surface area (Å²) in [6.45, 7) is 3.93. The first-order chi connectivity index (χ1) is 10.8. The molecular weight excluding hydrogens is 307 g/mol. The molecule has 1 atom stereocenters. The molecule has 0 bridgehead atoms. The molecule has 8 heteroatoms. The number of carboxylic acid groups (broad SMARTS) is 1. The van der Waals surface area contributed by atoms with E-state index in [0.717, 1.165) is 0 Å². The molecule has 0 aliphatic carbocycles. The second-order valence-corrected chi connectivity index (χ2v) is 4.82. The Morgan fingerprint density at radius 3 is 2.57 bits per heavy atom. The zero-order chi connectivity index (χ0) is 17.3. The number of carboxylic acids is 1. The van der Waals surface area contributed by atoms with E-state index in [4.69, 9.17) is 15.6 Å². The first kappa shape index (κ1) is 16.5. The first-order valence-corrected chi connectivity index (χ1v) is 6.79. The number of fused-ring (bicyclic) bond motifs is 1. The van der Waals surface area contributed by atoms with Crippen molar-refractivity contribution in [3.05, 3.63) is 29.5 Å². The van der Waals surface area contributed by atoms with Crippen LogP contribution < -0.4 is 10.5 Å². The number of halogens is 1. The van der Waals surface area contributed by atoms with Crippen molar-refractivity contribution in [1.29, 1.82) is 0 Å². The number of benzene rings is 1. The lowest BCUT2D eigenvalue weighted by Crippen LogP contribution is -2.24. The van der Waals surface area contributed by atoms with E-state index in [9.17, 15) is 18.8 Å². The number of Topliss-reactive ketones (excluding diaryl/α,β-unsaturated/α-hetero) is 1. The molecule has 1 heterocycles. The summed E-state index contributed by atoms with van der Waals surface area (Å²) in [6, 6.07) is 4.52. The summed E-state index contributed by atoms with van der Waals surface area (Å²) in [6.07, 6.45) is -2.59. The summed E-state index contributed by atoms with van der Waals surface area (Å²) in [7, 11) is 0. The van der Waals surface area contributed by atoms with Gasteiger partial charge in [0, 0.05) is 12.2 Å². The molecule has 0 radical (unpaired) electrons. The Morgan fingerprint density at radius 2 is 2.04 bits per heavy atom. The van der Waals surface area contributed by atoms with Crippen LogP contribution in [0.1, 0.15) is 23.0 Å². The number of aliphatic carboxylic acids is 1. The van der Waals surface area contributed by atoms with Crippen molar-refractivity contribution >= 4 is 28.6 Å². The number of primary amides is 1. The lowest BCUT2D eigenvalue weighted by Gasteiger charge is -2.10. The molecule has 0 fully saturated rings. The van der Waals surface area contributed by atoms with Gasteiger partial charge in [-0.15, -0.1) is 0 Å². The highest BCUT2D eigenvalue weighted by Crippen LogP contribution is 2.34. The van der Waals surface area contributed by atoms with Crippen LogP contribution in [0, 0.1) is 6.92 Å². The van der Waals surface area contributed by atoms with E-state index in [1.54, 1.807) is 17.6 Å². The molecular formula is C15H15FN2O5. The smallest absolute Gasteiger partial charge is 0.378 e. The topological polar surface area (TPSA) is 112 Å². The number of ether oxygens (including phenoxy) is 1. The Morgan fingerprint density at radius 1 is 1.39 bits per heavy atom. The SMILES string of the molecule is CCn1c(C)c(C(=O)C(N)=O)c2c(OC(F)C(=O)O)cccc21. The van der Waals surface area contributed by atoms with E-state index in [0.29, 0.717) is 17.8 Å². The van der Waals surface area contributed by atoms with Crippen LogP contribution in [-0.2, 0) is 16.1 Å². The van der Waals surface area contributed by atoms with Gasteiger partial charge in [-0.05, 0) is 26.0 Å². The summed E-state index contributed by atoms with van der Waals surface area (Å²) in [4.78, 5) is 34.1. The van der Waals surface area contributed by atoms with Crippen molar-refractivity contribution in [2.75, 3.05) is 0 Å². The summed E-state index contributed by atoms with van der Waals surface area (Å²) < 4.78 is 19.9.